The Kier molecular flexibility index (Phi) is 5.32. The number of nitrogens with two attached hydrogens (primary N) is 2. The summed E-state index contributed by atoms with van der Waals surface area (Å²) in [7, 11) is 0. The Morgan fingerprint density at radius 1 is 1.27 bits per heavy atom. The maximum Gasteiger partial charge on any atom is 0.135 e. The lowest BCUT2D eigenvalue weighted by molar-refractivity contribution is 0.281. The molecule has 0 fully saturated rings. The summed E-state index contributed by atoms with van der Waals surface area (Å²) in [6.45, 7) is -0.0713. The first-order chi connectivity index (χ1) is 12.5. The van der Waals surface area contributed by atoms with Crippen molar-refractivity contribution in [2.75, 3.05) is 0 Å². The zero-order chi connectivity index (χ0) is 18.7. The number of pyridine rings is 1. The molecule has 1 heterocycles. The van der Waals surface area contributed by atoms with E-state index in [1.807, 2.05) is 6.07 Å². The van der Waals surface area contributed by atoms with Gasteiger partial charge in [0.2, 0.25) is 0 Å². The molecule has 26 heavy (non-hydrogen) atoms. The van der Waals surface area contributed by atoms with Crippen molar-refractivity contribution in [2.45, 2.75) is 31.8 Å². The maximum absolute atomic E-state index is 13.9. The zero-order valence-corrected chi connectivity index (χ0v) is 14.3. The second kappa shape index (κ2) is 7.66. The summed E-state index contributed by atoms with van der Waals surface area (Å²) in [5.41, 5.74) is 15.0. The highest BCUT2D eigenvalue weighted by Gasteiger charge is 2.23. The van der Waals surface area contributed by atoms with Crippen LogP contribution >= 0.6 is 0 Å². The van der Waals surface area contributed by atoms with Gasteiger partial charge in [0.25, 0.3) is 0 Å². The van der Waals surface area contributed by atoms with Gasteiger partial charge in [0.15, 0.2) is 0 Å². The molecule has 1 aliphatic rings. The van der Waals surface area contributed by atoms with Gasteiger partial charge in [0.1, 0.15) is 11.6 Å². The van der Waals surface area contributed by atoms with E-state index in [2.05, 4.69) is 4.98 Å². The van der Waals surface area contributed by atoms with E-state index in [0.717, 1.165) is 29.7 Å². The fraction of sp³-hybridized carbons (Fsp3) is 0.250. The van der Waals surface area contributed by atoms with Crippen LogP contribution in [-0.2, 0) is 6.61 Å². The molecule has 3 rings (SSSR count). The van der Waals surface area contributed by atoms with Crippen molar-refractivity contribution in [3.05, 3.63) is 82.3 Å². The Balaban J connectivity index is 1.98. The Labute approximate surface area is 150 Å². The van der Waals surface area contributed by atoms with Crippen molar-refractivity contribution in [1.29, 1.82) is 0 Å². The number of halogens is 2. The van der Waals surface area contributed by atoms with Gasteiger partial charge in [0.05, 0.1) is 12.2 Å². The average molecular weight is 357 g/mol. The third kappa shape index (κ3) is 3.60. The van der Waals surface area contributed by atoms with E-state index in [1.165, 1.54) is 18.2 Å². The molecule has 1 aromatic heterocycles. The zero-order valence-electron chi connectivity index (χ0n) is 14.3. The van der Waals surface area contributed by atoms with Crippen LogP contribution in [0.2, 0.25) is 0 Å². The fourth-order valence-electron chi connectivity index (χ4n) is 3.30. The van der Waals surface area contributed by atoms with Crippen LogP contribution in [0.1, 0.15) is 42.0 Å². The Morgan fingerprint density at radius 2 is 2.00 bits per heavy atom. The van der Waals surface area contributed by atoms with Gasteiger partial charge in [-0.3, -0.25) is 4.98 Å². The fourth-order valence-corrected chi connectivity index (χ4v) is 3.30. The third-order valence-corrected chi connectivity index (χ3v) is 4.65. The number of hydrogen-bond donors (Lipinski definition) is 3. The van der Waals surface area contributed by atoms with Crippen LogP contribution in [0.25, 0.3) is 5.70 Å². The van der Waals surface area contributed by atoms with Crippen molar-refractivity contribution in [3.8, 4) is 0 Å². The Morgan fingerprint density at radius 3 is 2.69 bits per heavy atom. The molecule has 0 bridgehead atoms. The van der Waals surface area contributed by atoms with Crippen molar-refractivity contribution in [2.24, 2.45) is 11.5 Å². The highest BCUT2D eigenvalue weighted by Crippen LogP contribution is 2.35. The average Bonchev–Trinajstić information content (AvgIpc) is 2.63. The lowest BCUT2D eigenvalue weighted by atomic mass is 9.84. The van der Waals surface area contributed by atoms with E-state index in [1.54, 1.807) is 18.3 Å². The predicted molar refractivity (Wildman–Crippen MR) is 96.5 cm³/mol. The minimum absolute atomic E-state index is 0.0104. The SMILES string of the molecule is NC1=C(/C=C(\N)c2c(F)cccc2F)CCCC1c1cc(CO)ccn1. The standard InChI is InChI=1S/C20H21F2N3O/c21-15-5-2-6-16(22)19(15)17(23)10-13-3-1-4-14(20(13)24)18-9-12(11-26)7-8-25-18/h2,5-10,14,26H,1,3-4,11,23-24H2/b17-10-. The molecule has 6 heteroatoms. The van der Waals surface area contributed by atoms with Crippen molar-refractivity contribution in [3.63, 3.8) is 0 Å². The molecule has 1 atom stereocenters. The summed E-state index contributed by atoms with van der Waals surface area (Å²) in [6.07, 6.45) is 5.55. The summed E-state index contributed by atoms with van der Waals surface area (Å²) in [5, 5.41) is 9.31. The molecule has 4 nitrogen and oxygen atoms in total. The molecule has 0 spiro atoms. The largest absolute Gasteiger partial charge is 0.401 e. The van der Waals surface area contributed by atoms with Gasteiger partial charge in [-0.1, -0.05) is 6.07 Å². The third-order valence-electron chi connectivity index (χ3n) is 4.65. The number of allylic oxidation sites excluding steroid dienone is 3. The maximum atomic E-state index is 13.9. The van der Waals surface area contributed by atoms with Gasteiger partial charge in [0, 0.05) is 29.2 Å². The van der Waals surface area contributed by atoms with Crippen molar-refractivity contribution in [1.82, 2.24) is 4.98 Å². The minimum Gasteiger partial charge on any atom is -0.401 e. The number of aliphatic hydroxyl groups is 1. The molecule has 136 valence electrons. The van der Waals surface area contributed by atoms with E-state index in [0.29, 0.717) is 12.1 Å². The van der Waals surface area contributed by atoms with Gasteiger partial charge in [-0.05, 0) is 60.7 Å². The molecule has 2 aromatic rings. The van der Waals surface area contributed by atoms with Crippen LogP contribution in [0.15, 0.2) is 53.9 Å². The summed E-state index contributed by atoms with van der Waals surface area (Å²) in [6, 6.07) is 7.21. The van der Waals surface area contributed by atoms with Gasteiger partial charge in [-0.2, -0.15) is 0 Å². The lowest BCUT2D eigenvalue weighted by Gasteiger charge is -2.25. The summed E-state index contributed by atoms with van der Waals surface area (Å²) in [4.78, 5) is 4.36. The highest BCUT2D eigenvalue weighted by molar-refractivity contribution is 5.67. The summed E-state index contributed by atoms with van der Waals surface area (Å²) in [5.74, 6) is -1.52. The van der Waals surface area contributed by atoms with Crippen molar-refractivity contribution >= 4 is 5.70 Å². The van der Waals surface area contributed by atoms with Gasteiger partial charge in [-0.25, -0.2) is 8.78 Å². The number of nitrogens with zero attached hydrogens (tertiary/aromatic N) is 1. The normalized spacial score (nSPS) is 18.3. The first-order valence-corrected chi connectivity index (χ1v) is 8.47. The predicted octanol–water partition coefficient (Wildman–Crippen LogP) is 3.33. The summed E-state index contributed by atoms with van der Waals surface area (Å²) >= 11 is 0. The van der Waals surface area contributed by atoms with Gasteiger partial charge < -0.3 is 16.6 Å². The molecule has 5 N–H and O–H groups in total. The van der Waals surface area contributed by atoms with E-state index in [4.69, 9.17) is 11.5 Å². The molecule has 1 aliphatic carbocycles. The number of aliphatic hydroxyl groups excluding tert-OH is 1. The second-order valence-corrected chi connectivity index (χ2v) is 6.37. The smallest absolute Gasteiger partial charge is 0.135 e. The number of rotatable bonds is 4. The molecule has 0 amide bonds. The number of benzene rings is 1. The molecular formula is C20H21F2N3O. The number of hydrogen-bond acceptors (Lipinski definition) is 4. The highest BCUT2D eigenvalue weighted by atomic mass is 19.1. The lowest BCUT2D eigenvalue weighted by Crippen LogP contribution is -2.18. The topological polar surface area (TPSA) is 85.2 Å². The van der Waals surface area contributed by atoms with Crippen LogP contribution in [0.5, 0.6) is 0 Å². The van der Waals surface area contributed by atoms with E-state index in [9.17, 15) is 13.9 Å². The van der Waals surface area contributed by atoms with Crippen molar-refractivity contribution < 1.29 is 13.9 Å². The van der Waals surface area contributed by atoms with Crippen LogP contribution in [-0.4, -0.2) is 10.1 Å². The minimum atomic E-state index is -0.706. The van der Waals surface area contributed by atoms with E-state index in [-0.39, 0.29) is 23.8 Å². The Bertz CT molecular complexity index is 857. The van der Waals surface area contributed by atoms with Crippen LogP contribution in [0.3, 0.4) is 0 Å². The second-order valence-electron chi connectivity index (χ2n) is 6.37. The van der Waals surface area contributed by atoms with Gasteiger partial charge >= 0.3 is 0 Å². The molecule has 0 saturated carbocycles. The molecule has 1 unspecified atom stereocenters. The van der Waals surface area contributed by atoms with Gasteiger partial charge in [-0.15, -0.1) is 0 Å². The Hall–Kier alpha value is -2.73. The number of aromatic nitrogens is 1. The van der Waals surface area contributed by atoms with Crippen LogP contribution in [0.4, 0.5) is 8.78 Å². The van der Waals surface area contributed by atoms with E-state index < -0.39 is 11.6 Å². The van der Waals surface area contributed by atoms with E-state index >= 15 is 0 Å². The summed E-state index contributed by atoms with van der Waals surface area (Å²) < 4.78 is 27.9. The van der Waals surface area contributed by atoms with Crippen LogP contribution in [0, 0.1) is 11.6 Å². The first-order valence-electron chi connectivity index (χ1n) is 8.47. The molecule has 0 saturated heterocycles. The molecule has 0 aliphatic heterocycles. The molecule has 0 radical (unpaired) electrons. The van der Waals surface area contributed by atoms with Crippen LogP contribution < -0.4 is 11.5 Å². The molecule has 1 aromatic carbocycles. The first kappa shape index (κ1) is 18.1. The molecular weight excluding hydrogens is 336 g/mol. The monoisotopic (exact) mass is 357 g/mol. The quantitative estimate of drug-likeness (QED) is 0.783.